The molecule has 0 unspecified atom stereocenters. The van der Waals surface area contributed by atoms with Crippen LogP contribution in [0.15, 0.2) is 0 Å². The van der Waals surface area contributed by atoms with Gasteiger partial charge >= 0.3 is 0 Å². The molecule has 2 fully saturated rings. The maximum Gasteiger partial charge on any atom is 0.0446 e. The zero-order chi connectivity index (χ0) is 7.68. The van der Waals surface area contributed by atoms with Gasteiger partial charge in [0.15, 0.2) is 0 Å². The number of aliphatic hydroxyl groups excluding tert-OH is 1. The minimum atomic E-state index is 0.306. The largest absolute Gasteiger partial charge is 0.396 e. The Hall–Kier alpha value is -0.120. The average molecular weight is 156 g/mol. The van der Waals surface area contributed by atoms with Crippen molar-refractivity contribution in [2.24, 2.45) is 0 Å². The first kappa shape index (κ1) is 7.53. The van der Waals surface area contributed by atoms with E-state index in [0.29, 0.717) is 24.7 Å². The number of nitrogens with one attached hydrogen (secondary N) is 2. The Balaban J connectivity index is 1.91. The van der Waals surface area contributed by atoms with Gasteiger partial charge in [-0.05, 0) is 19.3 Å². The van der Waals surface area contributed by atoms with Gasteiger partial charge in [-0.25, -0.2) is 0 Å². The third kappa shape index (κ3) is 1.41. The molecule has 3 atom stereocenters. The Morgan fingerprint density at radius 2 is 2.27 bits per heavy atom. The average Bonchev–Trinajstić information content (AvgIpc) is 2.40. The lowest BCUT2D eigenvalue weighted by molar-refractivity contribution is 0.232. The topological polar surface area (TPSA) is 44.3 Å². The third-order valence-electron chi connectivity index (χ3n) is 2.83. The predicted molar refractivity (Wildman–Crippen MR) is 43.4 cm³/mol. The van der Waals surface area contributed by atoms with Crippen LogP contribution in [-0.2, 0) is 0 Å². The Morgan fingerprint density at radius 1 is 1.36 bits per heavy atom. The zero-order valence-electron chi connectivity index (χ0n) is 6.71. The van der Waals surface area contributed by atoms with Crippen LogP contribution >= 0.6 is 0 Å². The van der Waals surface area contributed by atoms with E-state index in [1.165, 1.54) is 12.8 Å². The molecule has 0 saturated carbocycles. The molecule has 0 aromatic carbocycles. The van der Waals surface area contributed by atoms with Crippen LogP contribution in [0.3, 0.4) is 0 Å². The van der Waals surface area contributed by atoms with Gasteiger partial charge in [0.25, 0.3) is 0 Å². The van der Waals surface area contributed by atoms with Crippen molar-refractivity contribution < 1.29 is 5.11 Å². The van der Waals surface area contributed by atoms with Crippen molar-refractivity contribution in [1.29, 1.82) is 0 Å². The molecule has 0 aliphatic carbocycles. The van der Waals surface area contributed by atoms with E-state index in [1.54, 1.807) is 0 Å². The first-order valence-electron chi connectivity index (χ1n) is 4.50. The summed E-state index contributed by atoms with van der Waals surface area (Å²) < 4.78 is 0. The molecule has 0 amide bonds. The summed E-state index contributed by atoms with van der Waals surface area (Å²) in [6, 6.07) is 1.84. The van der Waals surface area contributed by atoms with Crippen LogP contribution in [0.1, 0.15) is 19.3 Å². The normalized spacial score (nSPS) is 42.8. The Kier molecular flexibility index (Phi) is 2.11. The molecule has 2 bridgehead atoms. The van der Waals surface area contributed by atoms with E-state index in [-0.39, 0.29) is 0 Å². The maximum atomic E-state index is 8.78. The first-order chi connectivity index (χ1) is 5.40. The van der Waals surface area contributed by atoms with E-state index in [9.17, 15) is 0 Å². The van der Waals surface area contributed by atoms with E-state index in [0.717, 1.165) is 13.0 Å². The quantitative estimate of drug-likeness (QED) is 0.503. The molecule has 2 heterocycles. The lowest BCUT2D eigenvalue weighted by atomic mass is 10.0. The van der Waals surface area contributed by atoms with E-state index >= 15 is 0 Å². The molecule has 2 rings (SSSR count). The molecule has 3 nitrogen and oxygen atoms in total. The summed E-state index contributed by atoms with van der Waals surface area (Å²) in [6.45, 7) is 1.39. The monoisotopic (exact) mass is 156 g/mol. The van der Waals surface area contributed by atoms with Crippen molar-refractivity contribution in [2.75, 3.05) is 13.2 Å². The molecule has 2 aliphatic heterocycles. The molecule has 3 N–H and O–H groups in total. The third-order valence-corrected chi connectivity index (χ3v) is 2.83. The summed E-state index contributed by atoms with van der Waals surface area (Å²) in [7, 11) is 0. The smallest absolute Gasteiger partial charge is 0.0446 e. The molecule has 2 aliphatic rings. The van der Waals surface area contributed by atoms with Crippen LogP contribution in [-0.4, -0.2) is 36.4 Å². The fraction of sp³-hybridized carbons (Fsp3) is 1.00. The highest BCUT2D eigenvalue weighted by Crippen LogP contribution is 2.20. The van der Waals surface area contributed by atoms with Crippen molar-refractivity contribution in [2.45, 2.75) is 37.4 Å². The number of fused-ring (bicyclic) bond motifs is 2. The second-order valence-corrected chi connectivity index (χ2v) is 3.57. The van der Waals surface area contributed by atoms with E-state index in [1.807, 2.05) is 0 Å². The molecule has 0 aromatic rings. The molecule has 64 valence electrons. The number of hydrogen-bond donors (Lipinski definition) is 3. The van der Waals surface area contributed by atoms with Crippen molar-refractivity contribution in [3.8, 4) is 0 Å². The van der Waals surface area contributed by atoms with Gasteiger partial charge in [-0.2, -0.15) is 0 Å². The highest BCUT2D eigenvalue weighted by Gasteiger charge is 2.33. The van der Waals surface area contributed by atoms with Crippen molar-refractivity contribution in [3.63, 3.8) is 0 Å². The zero-order valence-corrected chi connectivity index (χ0v) is 6.71. The minimum absolute atomic E-state index is 0.306. The van der Waals surface area contributed by atoms with Crippen LogP contribution in [0.4, 0.5) is 0 Å². The van der Waals surface area contributed by atoms with Gasteiger partial charge in [0, 0.05) is 31.3 Å². The molecular weight excluding hydrogens is 140 g/mol. The van der Waals surface area contributed by atoms with Gasteiger partial charge in [0.2, 0.25) is 0 Å². The van der Waals surface area contributed by atoms with Gasteiger partial charge in [-0.1, -0.05) is 0 Å². The molecule has 0 aromatic heterocycles. The second kappa shape index (κ2) is 3.09. The SMILES string of the molecule is OCC[C@@H]1NC[C@H]2CC[C@@H]1N2. The van der Waals surface area contributed by atoms with Crippen LogP contribution in [0, 0.1) is 0 Å². The van der Waals surface area contributed by atoms with Gasteiger partial charge in [-0.15, -0.1) is 0 Å². The number of aliphatic hydroxyl groups is 1. The van der Waals surface area contributed by atoms with Crippen LogP contribution in [0.5, 0.6) is 0 Å². The Labute approximate surface area is 67.2 Å². The molecule has 0 radical (unpaired) electrons. The lowest BCUT2D eigenvalue weighted by Crippen LogP contribution is -2.55. The minimum Gasteiger partial charge on any atom is -0.396 e. The Bertz CT molecular complexity index is 140. The van der Waals surface area contributed by atoms with Crippen LogP contribution in [0.2, 0.25) is 0 Å². The van der Waals surface area contributed by atoms with Gasteiger partial charge in [0.05, 0.1) is 0 Å². The molecular formula is C8H16N2O. The highest BCUT2D eigenvalue weighted by atomic mass is 16.3. The first-order valence-corrected chi connectivity index (χ1v) is 4.50. The number of piperazine rings is 1. The van der Waals surface area contributed by atoms with E-state index in [2.05, 4.69) is 10.6 Å². The molecule has 0 spiro atoms. The summed E-state index contributed by atoms with van der Waals surface area (Å²) >= 11 is 0. The summed E-state index contributed by atoms with van der Waals surface area (Å²) in [5.74, 6) is 0. The van der Waals surface area contributed by atoms with Crippen molar-refractivity contribution in [1.82, 2.24) is 10.6 Å². The summed E-state index contributed by atoms with van der Waals surface area (Å²) in [6.07, 6.45) is 3.48. The maximum absolute atomic E-state index is 8.78. The predicted octanol–water partition coefficient (Wildman–Crippen LogP) is -0.539. The van der Waals surface area contributed by atoms with Crippen LogP contribution < -0.4 is 10.6 Å². The molecule has 11 heavy (non-hydrogen) atoms. The summed E-state index contributed by atoms with van der Waals surface area (Å²) in [5.41, 5.74) is 0. The van der Waals surface area contributed by atoms with E-state index < -0.39 is 0 Å². The van der Waals surface area contributed by atoms with Crippen molar-refractivity contribution in [3.05, 3.63) is 0 Å². The van der Waals surface area contributed by atoms with Gasteiger partial charge in [-0.3, -0.25) is 0 Å². The molecule has 3 heteroatoms. The Morgan fingerprint density at radius 3 is 3.09 bits per heavy atom. The summed E-state index contributed by atoms with van der Waals surface area (Å²) in [5, 5.41) is 15.8. The number of hydrogen-bond acceptors (Lipinski definition) is 3. The molecule has 2 saturated heterocycles. The highest BCUT2D eigenvalue weighted by molar-refractivity contribution is 4.97. The lowest BCUT2D eigenvalue weighted by Gasteiger charge is -2.31. The second-order valence-electron chi connectivity index (χ2n) is 3.57. The van der Waals surface area contributed by atoms with Gasteiger partial charge in [0.1, 0.15) is 0 Å². The summed E-state index contributed by atoms with van der Waals surface area (Å²) in [4.78, 5) is 0. The van der Waals surface area contributed by atoms with E-state index in [4.69, 9.17) is 5.11 Å². The fourth-order valence-electron chi connectivity index (χ4n) is 2.21. The van der Waals surface area contributed by atoms with Gasteiger partial charge < -0.3 is 15.7 Å². The van der Waals surface area contributed by atoms with Crippen LogP contribution in [0.25, 0.3) is 0 Å². The fourth-order valence-corrected chi connectivity index (χ4v) is 2.21. The number of rotatable bonds is 2. The standard InChI is InChI=1S/C8H16N2O/c11-4-3-7-8-2-1-6(10-8)5-9-7/h6-11H,1-5H2/t6-,7+,8+/m1/s1. The van der Waals surface area contributed by atoms with Crippen molar-refractivity contribution >= 4 is 0 Å².